The van der Waals surface area contributed by atoms with E-state index in [1.54, 1.807) is 0 Å². The molecule has 0 aromatic carbocycles. The molecule has 0 amide bonds. The van der Waals surface area contributed by atoms with Crippen molar-refractivity contribution >= 4 is 0 Å². The average Bonchev–Trinajstić information content (AvgIpc) is 2.88. The van der Waals surface area contributed by atoms with Gasteiger partial charge < -0.3 is 10.5 Å². The fraction of sp³-hybridized carbons (Fsp3) is 0.800. The third-order valence-electron chi connectivity index (χ3n) is 4.28. The number of hydrogen-bond acceptors (Lipinski definition) is 3. The molecule has 1 fully saturated rings. The first-order valence-corrected chi connectivity index (χ1v) is 7.43. The second kappa shape index (κ2) is 6.06. The van der Waals surface area contributed by atoms with Crippen molar-refractivity contribution in [1.82, 2.24) is 9.78 Å². The summed E-state index contributed by atoms with van der Waals surface area (Å²) >= 11 is 0. The summed E-state index contributed by atoms with van der Waals surface area (Å²) < 4.78 is 8.12. The number of rotatable bonds is 5. The molecular formula is C15H27N3O. The van der Waals surface area contributed by atoms with Crippen molar-refractivity contribution in [3.8, 4) is 0 Å². The van der Waals surface area contributed by atoms with Crippen molar-refractivity contribution < 1.29 is 4.74 Å². The monoisotopic (exact) mass is 265 g/mol. The summed E-state index contributed by atoms with van der Waals surface area (Å²) in [5.41, 5.74) is 6.83. The summed E-state index contributed by atoms with van der Waals surface area (Å²) in [5, 5.41) is 4.53. The van der Waals surface area contributed by atoms with Gasteiger partial charge in [-0.25, -0.2) is 0 Å². The van der Waals surface area contributed by atoms with Crippen LogP contribution in [0.3, 0.4) is 0 Å². The molecule has 1 aromatic rings. The predicted molar refractivity (Wildman–Crippen MR) is 76.8 cm³/mol. The Balaban J connectivity index is 1.92. The summed E-state index contributed by atoms with van der Waals surface area (Å²) in [4.78, 5) is 0. The van der Waals surface area contributed by atoms with Crippen LogP contribution in [0, 0.1) is 5.92 Å². The predicted octanol–water partition coefficient (Wildman–Crippen LogP) is 2.89. The maximum absolute atomic E-state index is 6.15. The van der Waals surface area contributed by atoms with E-state index in [1.807, 2.05) is 16.9 Å². The van der Waals surface area contributed by atoms with Crippen molar-refractivity contribution in [2.45, 2.75) is 64.7 Å². The molecule has 0 radical (unpaired) electrons. The van der Waals surface area contributed by atoms with E-state index in [-0.39, 0.29) is 5.60 Å². The summed E-state index contributed by atoms with van der Waals surface area (Å²) in [6.07, 6.45) is 6.61. The standard InChI is InChI=1S/C15H27N3O/c1-12(2)18-9-6-14(17-18)10-19-15(11-16)7-4-13(3)5-8-15/h6,9,12-13H,4-5,7-8,10-11,16H2,1-3H3. The maximum atomic E-state index is 6.15. The molecule has 0 saturated heterocycles. The van der Waals surface area contributed by atoms with E-state index in [0.29, 0.717) is 19.2 Å². The number of ether oxygens (including phenoxy) is 1. The lowest BCUT2D eigenvalue weighted by molar-refractivity contribution is -0.0811. The Morgan fingerprint density at radius 1 is 1.47 bits per heavy atom. The molecule has 0 atom stereocenters. The smallest absolute Gasteiger partial charge is 0.0914 e. The van der Waals surface area contributed by atoms with Gasteiger partial charge in [0.15, 0.2) is 0 Å². The minimum Gasteiger partial charge on any atom is -0.367 e. The zero-order chi connectivity index (χ0) is 13.9. The summed E-state index contributed by atoms with van der Waals surface area (Å²) in [5.74, 6) is 0.809. The highest BCUT2D eigenvalue weighted by molar-refractivity contribution is 4.99. The van der Waals surface area contributed by atoms with Gasteiger partial charge in [0.05, 0.1) is 17.9 Å². The molecular weight excluding hydrogens is 238 g/mol. The first-order chi connectivity index (χ1) is 9.04. The second-order valence-electron chi connectivity index (χ2n) is 6.24. The van der Waals surface area contributed by atoms with Gasteiger partial charge in [0.2, 0.25) is 0 Å². The molecule has 0 bridgehead atoms. The maximum Gasteiger partial charge on any atom is 0.0914 e. The van der Waals surface area contributed by atoms with Gasteiger partial charge in [0.25, 0.3) is 0 Å². The number of hydrogen-bond donors (Lipinski definition) is 1. The van der Waals surface area contributed by atoms with Gasteiger partial charge in [0.1, 0.15) is 0 Å². The van der Waals surface area contributed by atoms with Gasteiger partial charge >= 0.3 is 0 Å². The molecule has 2 N–H and O–H groups in total. The van der Waals surface area contributed by atoms with Crippen molar-refractivity contribution in [3.05, 3.63) is 18.0 Å². The zero-order valence-corrected chi connectivity index (χ0v) is 12.4. The van der Waals surface area contributed by atoms with Crippen LogP contribution < -0.4 is 5.73 Å². The van der Waals surface area contributed by atoms with Crippen LogP contribution >= 0.6 is 0 Å². The minimum atomic E-state index is -0.117. The summed E-state index contributed by atoms with van der Waals surface area (Å²) in [6, 6.07) is 2.43. The number of nitrogens with zero attached hydrogens (tertiary/aromatic N) is 2. The zero-order valence-electron chi connectivity index (χ0n) is 12.4. The molecule has 4 nitrogen and oxygen atoms in total. The first-order valence-electron chi connectivity index (χ1n) is 7.43. The van der Waals surface area contributed by atoms with E-state index >= 15 is 0 Å². The lowest BCUT2D eigenvalue weighted by Crippen LogP contribution is -2.43. The first kappa shape index (κ1) is 14.5. The lowest BCUT2D eigenvalue weighted by atomic mass is 9.79. The largest absolute Gasteiger partial charge is 0.367 e. The number of aromatic nitrogens is 2. The molecule has 4 heteroatoms. The van der Waals surface area contributed by atoms with Gasteiger partial charge in [-0.05, 0) is 51.5 Å². The highest BCUT2D eigenvalue weighted by Gasteiger charge is 2.33. The molecule has 1 saturated carbocycles. The Morgan fingerprint density at radius 3 is 2.68 bits per heavy atom. The average molecular weight is 265 g/mol. The van der Waals surface area contributed by atoms with E-state index in [2.05, 4.69) is 25.9 Å². The van der Waals surface area contributed by atoms with E-state index < -0.39 is 0 Å². The summed E-state index contributed by atoms with van der Waals surface area (Å²) in [6.45, 7) is 7.75. The Bertz CT molecular complexity index is 392. The molecule has 1 aliphatic carbocycles. The summed E-state index contributed by atoms with van der Waals surface area (Å²) in [7, 11) is 0. The van der Waals surface area contributed by atoms with Gasteiger partial charge in [-0.2, -0.15) is 5.10 Å². The minimum absolute atomic E-state index is 0.117. The van der Waals surface area contributed by atoms with Crippen LogP contribution in [-0.2, 0) is 11.3 Å². The third-order valence-corrected chi connectivity index (χ3v) is 4.28. The van der Waals surface area contributed by atoms with Crippen molar-refractivity contribution in [2.24, 2.45) is 11.7 Å². The van der Waals surface area contributed by atoms with Crippen LogP contribution in [0.2, 0.25) is 0 Å². The molecule has 0 aliphatic heterocycles. The Morgan fingerprint density at radius 2 is 2.16 bits per heavy atom. The van der Waals surface area contributed by atoms with Gasteiger partial charge in [0, 0.05) is 18.8 Å². The van der Waals surface area contributed by atoms with Crippen LogP contribution in [0.15, 0.2) is 12.3 Å². The number of nitrogens with two attached hydrogens (primary N) is 1. The van der Waals surface area contributed by atoms with Crippen LogP contribution in [0.25, 0.3) is 0 Å². The highest BCUT2D eigenvalue weighted by Crippen LogP contribution is 2.34. The van der Waals surface area contributed by atoms with Gasteiger partial charge in [-0.1, -0.05) is 6.92 Å². The topological polar surface area (TPSA) is 53.1 Å². The fourth-order valence-corrected chi connectivity index (χ4v) is 2.66. The van der Waals surface area contributed by atoms with Crippen LogP contribution in [0.5, 0.6) is 0 Å². The SMILES string of the molecule is CC1CCC(CN)(OCc2ccn(C(C)C)n2)CC1. The molecule has 0 unspecified atom stereocenters. The highest BCUT2D eigenvalue weighted by atomic mass is 16.5. The molecule has 1 heterocycles. The molecule has 1 aromatic heterocycles. The van der Waals surface area contributed by atoms with E-state index in [9.17, 15) is 0 Å². The molecule has 2 rings (SSSR count). The fourth-order valence-electron chi connectivity index (χ4n) is 2.66. The van der Waals surface area contributed by atoms with Crippen LogP contribution in [0.4, 0.5) is 0 Å². The Kier molecular flexibility index (Phi) is 4.63. The normalized spacial score (nSPS) is 27.9. The Hall–Kier alpha value is -0.870. The Labute approximate surface area is 116 Å². The van der Waals surface area contributed by atoms with Gasteiger partial charge in [-0.3, -0.25) is 4.68 Å². The molecule has 19 heavy (non-hydrogen) atoms. The van der Waals surface area contributed by atoms with Crippen LogP contribution in [-0.4, -0.2) is 21.9 Å². The molecule has 0 spiro atoms. The van der Waals surface area contributed by atoms with E-state index in [0.717, 1.165) is 24.5 Å². The van der Waals surface area contributed by atoms with Crippen molar-refractivity contribution in [2.75, 3.05) is 6.54 Å². The van der Waals surface area contributed by atoms with Crippen molar-refractivity contribution in [1.29, 1.82) is 0 Å². The molecule has 108 valence electrons. The van der Waals surface area contributed by atoms with E-state index in [1.165, 1.54) is 12.8 Å². The van der Waals surface area contributed by atoms with Gasteiger partial charge in [-0.15, -0.1) is 0 Å². The second-order valence-corrected chi connectivity index (χ2v) is 6.24. The van der Waals surface area contributed by atoms with E-state index in [4.69, 9.17) is 10.5 Å². The quantitative estimate of drug-likeness (QED) is 0.890. The third kappa shape index (κ3) is 3.57. The molecule has 1 aliphatic rings. The van der Waals surface area contributed by atoms with Crippen molar-refractivity contribution in [3.63, 3.8) is 0 Å². The lowest BCUT2D eigenvalue weighted by Gasteiger charge is -2.38. The van der Waals surface area contributed by atoms with Crippen LogP contribution in [0.1, 0.15) is 58.2 Å².